The Labute approximate surface area is 171 Å². The first-order valence-electron chi connectivity index (χ1n) is 9.70. The number of ketones is 2. The number of benzene rings is 2. The van der Waals surface area contributed by atoms with E-state index in [0.29, 0.717) is 23.3 Å². The van der Waals surface area contributed by atoms with E-state index in [0.717, 1.165) is 17.5 Å². The van der Waals surface area contributed by atoms with Crippen molar-refractivity contribution in [2.75, 3.05) is 0 Å². The molecule has 2 rings (SSSR count). The molecule has 0 aliphatic carbocycles. The maximum absolute atomic E-state index is 12.5. The van der Waals surface area contributed by atoms with Crippen molar-refractivity contribution >= 4 is 11.6 Å². The maximum atomic E-state index is 12.5. The Balaban J connectivity index is 2.16. The molecule has 2 aromatic rings. The minimum absolute atomic E-state index is 0.0288. The lowest BCUT2D eigenvalue weighted by atomic mass is 9.82. The van der Waals surface area contributed by atoms with Crippen molar-refractivity contribution in [3.63, 3.8) is 0 Å². The summed E-state index contributed by atoms with van der Waals surface area (Å²) in [7, 11) is 0. The number of ether oxygens (including phenoxy) is 1. The fourth-order valence-corrected chi connectivity index (χ4v) is 3.16. The van der Waals surface area contributed by atoms with Crippen molar-refractivity contribution in [1.29, 1.82) is 5.26 Å². The van der Waals surface area contributed by atoms with E-state index in [1.165, 1.54) is 6.92 Å². The van der Waals surface area contributed by atoms with Crippen LogP contribution in [0.4, 0.5) is 0 Å². The fraction of sp³-hybridized carbons (Fsp3) is 0.375. The fourth-order valence-electron chi connectivity index (χ4n) is 3.16. The van der Waals surface area contributed by atoms with E-state index in [9.17, 15) is 14.7 Å². The van der Waals surface area contributed by atoms with E-state index >= 15 is 0 Å². The van der Waals surface area contributed by atoms with E-state index in [-0.39, 0.29) is 30.3 Å². The van der Waals surface area contributed by atoms with Gasteiger partial charge in [-0.25, -0.2) is 0 Å². The number of Topliss-reactive ketones (excluding diaryl/α,β-unsaturated/α-hetero) is 2. The van der Waals surface area contributed by atoms with Gasteiger partial charge in [0.1, 0.15) is 18.1 Å². The number of phenolic OH excluding ortho intramolecular Hbond substituents is 1. The molecule has 0 unspecified atom stereocenters. The molecule has 0 aliphatic rings. The van der Waals surface area contributed by atoms with Gasteiger partial charge in [-0.15, -0.1) is 0 Å². The first-order chi connectivity index (χ1) is 13.7. The smallest absolute Gasteiger partial charge is 0.169 e. The number of hydrogen-bond acceptors (Lipinski definition) is 5. The highest BCUT2D eigenvalue weighted by Crippen LogP contribution is 2.30. The number of nitrogens with zero attached hydrogens (tertiary/aromatic N) is 1. The first kappa shape index (κ1) is 22.2. The molecule has 0 fully saturated rings. The lowest BCUT2D eigenvalue weighted by Gasteiger charge is -2.19. The topological polar surface area (TPSA) is 87.4 Å². The Bertz CT molecular complexity index is 937. The summed E-state index contributed by atoms with van der Waals surface area (Å²) in [6.07, 6.45) is 1.63. The van der Waals surface area contributed by atoms with Crippen LogP contribution in [0.5, 0.6) is 11.5 Å². The Hall–Kier alpha value is -3.13. The minimum atomic E-state index is -0.734. The van der Waals surface area contributed by atoms with Gasteiger partial charge in [0, 0.05) is 23.0 Å². The molecule has 0 heterocycles. The van der Waals surface area contributed by atoms with Crippen LogP contribution >= 0.6 is 0 Å². The van der Waals surface area contributed by atoms with Gasteiger partial charge in [0.25, 0.3) is 0 Å². The van der Waals surface area contributed by atoms with Gasteiger partial charge in [0.2, 0.25) is 0 Å². The van der Waals surface area contributed by atoms with Gasteiger partial charge in [0.05, 0.1) is 11.6 Å². The van der Waals surface area contributed by atoms with Crippen LogP contribution in [0.2, 0.25) is 0 Å². The van der Waals surface area contributed by atoms with Crippen LogP contribution in [-0.2, 0) is 13.0 Å². The van der Waals surface area contributed by atoms with Crippen LogP contribution < -0.4 is 4.74 Å². The number of nitriles is 1. The van der Waals surface area contributed by atoms with E-state index in [1.54, 1.807) is 44.2 Å². The van der Waals surface area contributed by atoms with Crippen molar-refractivity contribution < 1.29 is 19.4 Å². The molecule has 0 radical (unpaired) electrons. The molecular formula is C24H27NO4. The Morgan fingerprint density at radius 3 is 2.34 bits per heavy atom. The monoisotopic (exact) mass is 393 g/mol. The van der Waals surface area contributed by atoms with Crippen molar-refractivity contribution in [2.45, 2.75) is 53.6 Å². The molecule has 29 heavy (non-hydrogen) atoms. The van der Waals surface area contributed by atoms with Gasteiger partial charge in [0.15, 0.2) is 11.6 Å². The summed E-state index contributed by atoms with van der Waals surface area (Å²) in [6.45, 7) is 7.20. The molecule has 0 bridgehead atoms. The molecular weight excluding hydrogens is 366 g/mol. The van der Waals surface area contributed by atoms with Crippen LogP contribution in [-0.4, -0.2) is 16.7 Å². The first-order valence-corrected chi connectivity index (χ1v) is 9.70. The van der Waals surface area contributed by atoms with Crippen molar-refractivity contribution in [1.82, 2.24) is 0 Å². The van der Waals surface area contributed by atoms with Gasteiger partial charge in [-0.1, -0.05) is 33.3 Å². The molecule has 0 saturated heterocycles. The predicted molar refractivity (Wildman–Crippen MR) is 111 cm³/mol. The second-order valence-electron chi connectivity index (χ2n) is 7.77. The van der Waals surface area contributed by atoms with Crippen LogP contribution in [0.15, 0.2) is 36.4 Å². The number of rotatable bonds is 9. The molecule has 152 valence electrons. The summed E-state index contributed by atoms with van der Waals surface area (Å²) in [6, 6.07) is 12.3. The van der Waals surface area contributed by atoms with E-state index in [1.807, 2.05) is 13.0 Å². The predicted octanol–water partition coefficient (Wildman–Crippen LogP) is 5.25. The molecule has 0 spiro atoms. The molecule has 1 N–H and O–H groups in total. The third kappa shape index (κ3) is 5.23. The second kappa shape index (κ2) is 9.38. The van der Waals surface area contributed by atoms with Gasteiger partial charge >= 0.3 is 0 Å². The van der Waals surface area contributed by atoms with Crippen molar-refractivity contribution in [2.24, 2.45) is 5.41 Å². The number of hydrogen-bond donors (Lipinski definition) is 1. The zero-order chi connectivity index (χ0) is 21.6. The normalized spacial score (nSPS) is 11.0. The van der Waals surface area contributed by atoms with Gasteiger partial charge in [-0.3, -0.25) is 9.59 Å². The summed E-state index contributed by atoms with van der Waals surface area (Å²) in [5, 5.41) is 19.3. The van der Waals surface area contributed by atoms with E-state index < -0.39 is 5.41 Å². The minimum Gasteiger partial charge on any atom is -0.507 e. The molecule has 0 aliphatic heterocycles. The SMILES string of the molecule is CCCc1c(COc2ccc(C(=O)C(C)(C)CC#N)cc2)ccc(C(C)=O)c1O. The van der Waals surface area contributed by atoms with Crippen LogP contribution in [0.1, 0.15) is 72.4 Å². The lowest BCUT2D eigenvalue weighted by molar-refractivity contribution is 0.0842. The number of carbonyl (C=O) groups excluding carboxylic acids is 2. The van der Waals surface area contributed by atoms with E-state index in [4.69, 9.17) is 10.00 Å². The Morgan fingerprint density at radius 2 is 1.79 bits per heavy atom. The Kier molecular flexibility index (Phi) is 7.17. The summed E-state index contributed by atoms with van der Waals surface area (Å²) in [5.41, 5.74) is 1.67. The third-order valence-electron chi connectivity index (χ3n) is 4.91. The third-order valence-corrected chi connectivity index (χ3v) is 4.91. The number of carbonyl (C=O) groups is 2. The van der Waals surface area contributed by atoms with Crippen LogP contribution in [0.25, 0.3) is 0 Å². The van der Waals surface area contributed by atoms with Crippen LogP contribution in [0, 0.1) is 16.7 Å². The highest BCUT2D eigenvalue weighted by molar-refractivity contribution is 6.00. The number of aromatic hydroxyl groups is 1. The maximum Gasteiger partial charge on any atom is 0.169 e. The molecule has 2 aromatic carbocycles. The molecule has 0 atom stereocenters. The zero-order valence-corrected chi connectivity index (χ0v) is 17.4. The standard InChI is InChI=1S/C24H27NO4/c1-5-6-21-18(9-12-20(16(2)26)22(21)27)15-29-19-10-7-17(8-11-19)23(28)24(3,4)13-14-25/h7-12,27H,5-6,13,15H2,1-4H3. The lowest BCUT2D eigenvalue weighted by Crippen LogP contribution is -2.23. The molecule has 5 heteroatoms. The largest absolute Gasteiger partial charge is 0.507 e. The summed E-state index contributed by atoms with van der Waals surface area (Å²) in [5.74, 6) is 0.366. The van der Waals surface area contributed by atoms with Gasteiger partial charge in [-0.2, -0.15) is 5.26 Å². The summed E-state index contributed by atoms with van der Waals surface area (Å²) >= 11 is 0. The van der Waals surface area contributed by atoms with Crippen LogP contribution in [0.3, 0.4) is 0 Å². The molecule has 5 nitrogen and oxygen atoms in total. The molecule has 0 saturated carbocycles. The van der Waals surface area contributed by atoms with E-state index in [2.05, 4.69) is 6.07 Å². The van der Waals surface area contributed by atoms with Crippen molar-refractivity contribution in [3.8, 4) is 17.6 Å². The van der Waals surface area contributed by atoms with Crippen molar-refractivity contribution in [3.05, 3.63) is 58.7 Å². The average Bonchev–Trinajstić information content (AvgIpc) is 2.68. The van der Waals surface area contributed by atoms with Gasteiger partial charge < -0.3 is 9.84 Å². The average molecular weight is 393 g/mol. The molecule has 0 aromatic heterocycles. The Morgan fingerprint density at radius 1 is 1.14 bits per heavy atom. The highest BCUT2D eigenvalue weighted by Gasteiger charge is 2.28. The quantitative estimate of drug-likeness (QED) is 0.588. The zero-order valence-electron chi connectivity index (χ0n) is 17.4. The van der Waals surface area contributed by atoms with Gasteiger partial charge in [-0.05, 0) is 49.2 Å². The highest BCUT2D eigenvalue weighted by atomic mass is 16.5. The summed E-state index contributed by atoms with van der Waals surface area (Å²) < 4.78 is 5.84. The summed E-state index contributed by atoms with van der Waals surface area (Å²) in [4.78, 5) is 24.2. The second-order valence-corrected chi connectivity index (χ2v) is 7.77. The molecule has 0 amide bonds. The number of phenols is 1.